The van der Waals surface area contributed by atoms with Crippen molar-refractivity contribution in [3.63, 3.8) is 0 Å². The molecule has 1 aromatic carbocycles. The van der Waals surface area contributed by atoms with Crippen LogP contribution in [0.3, 0.4) is 0 Å². The average Bonchev–Trinajstić information content (AvgIpc) is 3.41. The fourth-order valence-electron chi connectivity index (χ4n) is 2.54. The Hall–Kier alpha value is -1.24. The van der Waals surface area contributed by atoms with E-state index < -0.39 is 6.04 Å². The summed E-state index contributed by atoms with van der Waals surface area (Å²) >= 11 is 7.70. The summed E-state index contributed by atoms with van der Waals surface area (Å²) in [6.07, 6.45) is 4.73. The van der Waals surface area contributed by atoms with Crippen molar-refractivity contribution < 1.29 is 9.59 Å². The Bertz CT molecular complexity index is 581. The van der Waals surface area contributed by atoms with Gasteiger partial charge in [0.2, 0.25) is 5.91 Å². The third-order valence-electron chi connectivity index (χ3n) is 4.12. The van der Waals surface area contributed by atoms with E-state index in [1.807, 2.05) is 6.26 Å². The molecule has 132 valence electrons. The van der Waals surface area contributed by atoms with Gasteiger partial charge < -0.3 is 16.4 Å². The molecule has 0 radical (unpaired) electrons. The van der Waals surface area contributed by atoms with E-state index in [2.05, 4.69) is 10.6 Å². The number of nitrogens with two attached hydrogens (primary N) is 1. The van der Waals surface area contributed by atoms with Crippen molar-refractivity contribution >= 4 is 35.2 Å². The topological polar surface area (TPSA) is 84.2 Å². The molecule has 2 rings (SSSR count). The molecule has 2 atom stereocenters. The van der Waals surface area contributed by atoms with Gasteiger partial charge in [-0.1, -0.05) is 23.7 Å². The summed E-state index contributed by atoms with van der Waals surface area (Å²) in [6, 6.07) is 6.22. The number of benzene rings is 1. The molecule has 0 saturated heterocycles. The lowest BCUT2D eigenvalue weighted by atomic mass is 10.1. The summed E-state index contributed by atoms with van der Waals surface area (Å²) in [7, 11) is 0. The Morgan fingerprint density at radius 1 is 1.33 bits per heavy atom. The maximum Gasteiger partial charge on any atom is 0.253 e. The van der Waals surface area contributed by atoms with Crippen LogP contribution in [0.2, 0.25) is 5.02 Å². The Kier molecular flexibility index (Phi) is 7.40. The van der Waals surface area contributed by atoms with Crippen LogP contribution in [0.25, 0.3) is 0 Å². The molecule has 0 heterocycles. The van der Waals surface area contributed by atoms with E-state index in [1.165, 1.54) is 0 Å². The highest BCUT2D eigenvalue weighted by Crippen LogP contribution is 2.32. The van der Waals surface area contributed by atoms with Gasteiger partial charge >= 0.3 is 0 Å². The van der Waals surface area contributed by atoms with Crippen LogP contribution in [0.5, 0.6) is 0 Å². The van der Waals surface area contributed by atoms with Crippen molar-refractivity contribution in [3.05, 3.63) is 34.9 Å². The number of carbonyl (C=O) groups is 2. The summed E-state index contributed by atoms with van der Waals surface area (Å²) in [6.45, 7) is 0.421. The molecule has 2 unspecified atom stereocenters. The SMILES string of the molecule is CSCCC(NC(=O)c1ccccc1Cl)C(=O)NC(CN)C1CC1. The van der Waals surface area contributed by atoms with Crippen LogP contribution in [-0.2, 0) is 4.79 Å². The van der Waals surface area contributed by atoms with Crippen LogP contribution in [0, 0.1) is 5.92 Å². The minimum Gasteiger partial charge on any atom is -0.350 e. The van der Waals surface area contributed by atoms with Gasteiger partial charge in [-0.3, -0.25) is 9.59 Å². The lowest BCUT2D eigenvalue weighted by Gasteiger charge is -2.22. The molecule has 1 saturated carbocycles. The first-order valence-electron chi connectivity index (χ1n) is 8.11. The largest absolute Gasteiger partial charge is 0.350 e. The summed E-state index contributed by atoms with van der Waals surface area (Å²) in [5, 5.41) is 6.17. The molecule has 1 aliphatic rings. The molecule has 24 heavy (non-hydrogen) atoms. The number of hydrogen-bond donors (Lipinski definition) is 3. The average molecular weight is 370 g/mol. The Morgan fingerprint density at radius 2 is 2.04 bits per heavy atom. The van der Waals surface area contributed by atoms with Gasteiger partial charge in [-0.25, -0.2) is 0 Å². The number of thioether (sulfide) groups is 1. The summed E-state index contributed by atoms with van der Waals surface area (Å²) in [5.74, 6) is 0.737. The molecule has 0 aromatic heterocycles. The van der Waals surface area contributed by atoms with Crippen molar-refractivity contribution in [2.24, 2.45) is 11.7 Å². The van der Waals surface area contributed by atoms with Crippen molar-refractivity contribution in [1.82, 2.24) is 10.6 Å². The predicted octanol–water partition coefficient (Wildman–Crippen LogP) is 2.04. The lowest BCUT2D eigenvalue weighted by molar-refractivity contribution is -0.123. The third-order valence-corrected chi connectivity index (χ3v) is 5.10. The van der Waals surface area contributed by atoms with Gasteiger partial charge in [-0.2, -0.15) is 11.8 Å². The molecule has 1 fully saturated rings. The van der Waals surface area contributed by atoms with Crippen LogP contribution < -0.4 is 16.4 Å². The van der Waals surface area contributed by atoms with E-state index in [4.69, 9.17) is 17.3 Å². The zero-order chi connectivity index (χ0) is 17.5. The minimum absolute atomic E-state index is 0.00788. The lowest BCUT2D eigenvalue weighted by Crippen LogP contribution is -2.52. The molecule has 1 aromatic rings. The van der Waals surface area contributed by atoms with Gasteiger partial charge in [-0.15, -0.1) is 0 Å². The maximum absolute atomic E-state index is 12.6. The van der Waals surface area contributed by atoms with E-state index in [-0.39, 0.29) is 17.9 Å². The molecule has 1 aliphatic carbocycles. The highest BCUT2D eigenvalue weighted by molar-refractivity contribution is 7.98. The van der Waals surface area contributed by atoms with Gasteiger partial charge in [0.05, 0.1) is 10.6 Å². The summed E-state index contributed by atoms with van der Waals surface area (Å²) < 4.78 is 0. The second kappa shape index (κ2) is 9.30. The number of hydrogen-bond acceptors (Lipinski definition) is 4. The highest BCUT2D eigenvalue weighted by Gasteiger charge is 2.33. The molecule has 0 spiro atoms. The quantitative estimate of drug-likeness (QED) is 0.622. The fraction of sp³-hybridized carbons (Fsp3) is 0.529. The molecular weight excluding hydrogens is 346 g/mol. The van der Waals surface area contributed by atoms with Crippen molar-refractivity contribution in [3.8, 4) is 0 Å². The maximum atomic E-state index is 12.6. The van der Waals surface area contributed by atoms with E-state index in [1.54, 1.807) is 36.0 Å². The number of rotatable bonds is 9. The van der Waals surface area contributed by atoms with Crippen molar-refractivity contribution in [1.29, 1.82) is 0 Å². The molecule has 2 amide bonds. The minimum atomic E-state index is -0.589. The van der Waals surface area contributed by atoms with Gasteiger partial charge in [0.1, 0.15) is 6.04 Å². The van der Waals surface area contributed by atoms with E-state index in [0.717, 1.165) is 18.6 Å². The van der Waals surface area contributed by atoms with Gasteiger partial charge in [0, 0.05) is 12.6 Å². The van der Waals surface area contributed by atoms with E-state index >= 15 is 0 Å². The Balaban J connectivity index is 2.02. The Morgan fingerprint density at radius 3 is 2.62 bits per heavy atom. The molecule has 0 bridgehead atoms. The molecular formula is C17H24ClN3O2S. The number of amides is 2. The summed E-state index contributed by atoms with van der Waals surface area (Å²) in [5.41, 5.74) is 6.12. The smallest absolute Gasteiger partial charge is 0.253 e. The zero-order valence-corrected chi connectivity index (χ0v) is 15.3. The number of carbonyl (C=O) groups excluding carboxylic acids is 2. The Labute approximate surface area is 152 Å². The number of nitrogens with one attached hydrogen (secondary N) is 2. The third kappa shape index (κ3) is 5.40. The van der Waals surface area contributed by atoms with Gasteiger partial charge in [0.15, 0.2) is 0 Å². The monoisotopic (exact) mass is 369 g/mol. The van der Waals surface area contributed by atoms with E-state index in [0.29, 0.717) is 29.5 Å². The highest BCUT2D eigenvalue weighted by atomic mass is 35.5. The van der Waals surface area contributed by atoms with E-state index in [9.17, 15) is 9.59 Å². The first kappa shape index (κ1) is 19.1. The van der Waals surface area contributed by atoms with Crippen molar-refractivity contribution in [2.75, 3.05) is 18.6 Å². The fourth-order valence-corrected chi connectivity index (χ4v) is 3.23. The molecule has 0 aliphatic heterocycles. The first-order chi connectivity index (χ1) is 11.6. The van der Waals surface area contributed by atoms with Crippen LogP contribution in [0.15, 0.2) is 24.3 Å². The standard InChI is InChI=1S/C17H24ClN3O2S/c1-24-9-8-14(17(23)21-15(10-19)11-6-7-11)20-16(22)12-4-2-3-5-13(12)18/h2-5,11,14-15H,6-10,19H2,1H3,(H,20,22)(H,21,23). The molecule has 7 heteroatoms. The predicted molar refractivity (Wildman–Crippen MR) is 99.4 cm³/mol. The van der Waals surface area contributed by atoms with Crippen molar-refractivity contribution in [2.45, 2.75) is 31.3 Å². The van der Waals surface area contributed by atoms with Crippen LogP contribution >= 0.6 is 23.4 Å². The van der Waals surface area contributed by atoms with Gasteiger partial charge in [-0.05, 0) is 49.3 Å². The molecule has 4 N–H and O–H groups in total. The second-order valence-electron chi connectivity index (χ2n) is 5.98. The van der Waals surface area contributed by atoms with Crippen LogP contribution in [-0.4, -0.2) is 42.5 Å². The second-order valence-corrected chi connectivity index (χ2v) is 7.37. The summed E-state index contributed by atoms with van der Waals surface area (Å²) in [4.78, 5) is 25.0. The van der Waals surface area contributed by atoms with Crippen LogP contribution in [0.4, 0.5) is 0 Å². The zero-order valence-electron chi connectivity index (χ0n) is 13.8. The van der Waals surface area contributed by atoms with Crippen LogP contribution in [0.1, 0.15) is 29.6 Å². The number of halogens is 1. The normalized spacial score (nSPS) is 16.3. The van der Waals surface area contributed by atoms with Gasteiger partial charge in [0.25, 0.3) is 5.91 Å². The first-order valence-corrected chi connectivity index (χ1v) is 9.88. The molecule has 5 nitrogen and oxygen atoms in total.